The van der Waals surface area contributed by atoms with Crippen molar-refractivity contribution in [3.63, 3.8) is 0 Å². The zero-order valence-corrected chi connectivity index (χ0v) is 33.7. The molecule has 0 unspecified atom stereocenters. The Labute approximate surface area is 370 Å². The van der Waals surface area contributed by atoms with E-state index in [2.05, 4.69) is 9.47 Å². The fraction of sp³-hybridized carbons (Fsp3) is 0.289. The number of carboxylic acid groups (broad SMARTS) is 2. The van der Waals surface area contributed by atoms with Crippen molar-refractivity contribution in [2.24, 2.45) is 17.6 Å². The first-order valence-corrected chi connectivity index (χ1v) is 19.8. The van der Waals surface area contributed by atoms with Crippen LogP contribution in [0.5, 0.6) is 46.0 Å². The smallest absolute Gasteiger partial charge is 0.416 e. The normalized spacial score (nSPS) is 23.3. The van der Waals surface area contributed by atoms with Gasteiger partial charge in [-0.3, -0.25) is 9.59 Å². The average Bonchev–Trinajstić information content (AvgIpc) is 4.01. The van der Waals surface area contributed by atoms with Gasteiger partial charge in [0, 0.05) is 41.5 Å². The second kappa shape index (κ2) is 17.7. The van der Waals surface area contributed by atoms with E-state index >= 15 is 0 Å². The van der Waals surface area contributed by atoms with E-state index in [4.69, 9.17) is 34.9 Å². The van der Waals surface area contributed by atoms with Gasteiger partial charge in [-0.25, -0.2) is 0 Å². The molecule has 3 aliphatic carbocycles. The summed E-state index contributed by atoms with van der Waals surface area (Å²) >= 11 is 0. The van der Waals surface area contributed by atoms with Crippen molar-refractivity contribution in [2.75, 3.05) is 0 Å². The molecule has 2 saturated carbocycles. The van der Waals surface area contributed by atoms with Gasteiger partial charge < -0.3 is 49.5 Å². The van der Waals surface area contributed by atoms with Crippen molar-refractivity contribution in [3.05, 3.63) is 130 Å². The lowest BCUT2D eigenvalue weighted by atomic mass is 10.1. The van der Waals surface area contributed by atoms with Crippen LogP contribution >= 0.6 is 0 Å². The van der Waals surface area contributed by atoms with Gasteiger partial charge in [0.15, 0.2) is 23.0 Å². The van der Waals surface area contributed by atoms with Crippen molar-refractivity contribution < 1.29 is 97.2 Å². The Morgan fingerprint density at radius 1 is 0.597 bits per heavy atom. The summed E-state index contributed by atoms with van der Waals surface area (Å²) in [6, 6.07) is 20.6. The van der Waals surface area contributed by atoms with Crippen LogP contribution < -0.4 is 34.2 Å². The third-order valence-corrected chi connectivity index (χ3v) is 11.4. The van der Waals surface area contributed by atoms with E-state index in [1.807, 2.05) is 24.3 Å². The molecule has 0 saturated heterocycles. The highest BCUT2D eigenvalue weighted by atomic mass is 19.4. The molecular formula is C45H33F10NO11. The van der Waals surface area contributed by atoms with E-state index in [9.17, 15) is 58.6 Å². The quantitative estimate of drug-likeness (QED) is 0.0977. The predicted octanol–water partition coefficient (Wildman–Crippen LogP) is 9.92. The fourth-order valence-electron chi connectivity index (χ4n) is 8.17. The van der Waals surface area contributed by atoms with E-state index < -0.39 is 84.2 Å². The van der Waals surface area contributed by atoms with Gasteiger partial charge in [0.05, 0.1) is 23.3 Å². The SMILES string of the molecule is N[C@@H]1c2ccccc2C[C@@H]1O.O=C(O)[C@H]1[C@@H]2Oc3cc(Oc4ccc(C(F)(F)F)cc4OC(F)F)ccc3[C@@H]21.O=C(O)[C@H]1[C@@H]2Oc3cc(Oc4ccc(C(F)(F)F)cc4OC(F)F)ccc3[C@@H]21. The number of carbonyl (C=O) groups is 2. The van der Waals surface area contributed by atoms with Crippen molar-refractivity contribution in [1.82, 2.24) is 0 Å². The third kappa shape index (κ3) is 9.80. The molecule has 2 aliphatic heterocycles. The molecule has 22 heteroatoms. The van der Waals surface area contributed by atoms with Gasteiger partial charge >= 0.3 is 37.5 Å². The van der Waals surface area contributed by atoms with Crippen LogP contribution in [0.15, 0.2) is 97.1 Å². The minimum Gasteiger partial charge on any atom is -0.488 e. The van der Waals surface area contributed by atoms with Gasteiger partial charge in [-0.2, -0.15) is 43.9 Å². The van der Waals surface area contributed by atoms with Crippen molar-refractivity contribution >= 4 is 11.9 Å². The van der Waals surface area contributed by atoms with E-state index in [0.29, 0.717) is 53.3 Å². The maximum atomic E-state index is 12.8. The first kappa shape index (κ1) is 46.6. The molecule has 0 amide bonds. The molecule has 67 heavy (non-hydrogen) atoms. The number of carboxylic acids is 2. The summed E-state index contributed by atoms with van der Waals surface area (Å²) in [4.78, 5) is 22.1. The largest absolute Gasteiger partial charge is 0.488 e. The molecule has 2 heterocycles. The van der Waals surface area contributed by atoms with Crippen LogP contribution in [-0.4, -0.2) is 58.8 Å². The van der Waals surface area contributed by atoms with Crippen LogP contribution in [0.25, 0.3) is 0 Å². The number of aliphatic carboxylic acids is 2. The average molecular weight is 954 g/mol. The molecule has 0 aromatic heterocycles. The first-order chi connectivity index (χ1) is 31.6. The molecule has 12 nitrogen and oxygen atoms in total. The highest BCUT2D eigenvalue weighted by molar-refractivity contribution is 5.79. The molecule has 0 spiro atoms. The minimum atomic E-state index is -4.73. The maximum Gasteiger partial charge on any atom is 0.416 e. The Balaban J connectivity index is 0.000000148. The topological polar surface area (TPSA) is 176 Å². The lowest BCUT2D eigenvalue weighted by Gasteiger charge is -2.15. The summed E-state index contributed by atoms with van der Waals surface area (Å²) in [7, 11) is 0. The molecule has 5 aliphatic rings. The number of hydrogen-bond acceptors (Lipinski definition) is 10. The molecule has 0 bridgehead atoms. The number of rotatable bonds is 10. The van der Waals surface area contributed by atoms with Gasteiger partial charge in [-0.05, 0) is 59.7 Å². The number of fused-ring (bicyclic) bond motifs is 7. The minimum absolute atomic E-state index is 0.116. The van der Waals surface area contributed by atoms with Crippen LogP contribution in [0.4, 0.5) is 43.9 Å². The Bertz CT molecular complexity index is 2540. The van der Waals surface area contributed by atoms with Gasteiger partial charge in [-0.1, -0.05) is 36.4 Å². The van der Waals surface area contributed by atoms with Crippen LogP contribution in [0.1, 0.15) is 51.3 Å². The van der Waals surface area contributed by atoms with Crippen molar-refractivity contribution in [3.8, 4) is 46.0 Å². The van der Waals surface area contributed by atoms with Gasteiger partial charge in [-0.15, -0.1) is 0 Å². The fourth-order valence-corrected chi connectivity index (χ4v) is 8.17. The second-order valence-electron chi connectivity index (χ2n) is 15.6. The predicted molar refractivity (Wildman–Crippen MR) is 209 cm³/mol. The monoisotopic (exact) mass is 953 g/mol. The van der Waals surface area contributed by atoms with E-state index in [-0.39, 0.29) is 47.0 Å². The standard InChI is InChI=1S/2C18H11F5O5.C9H11NO/c2*19-17(20)28-12-5-7(18(21,22)23)1-4-10(12)26-8-2-3-9-11(6-8)27-15-13(9)14(15)16(24)25;10-9-7-4-2-1-3-6(7)5-8(9)11/h2*1-6,13-15,17H,(H,24,25);1-4,8-9,11H,5,10H2/t2*13-,14-,15-;8-,9+/m110/s1. The number of alkyl halides is 10. The summed E-state index contributed by atoms with van der Waals surface area (Å²) in [6.45, 7) is -6.68. The molecular weight excluding hydrogens is 920 g/mol. The zero-order chi connectivity index (χ0) is 48.3. The molecule has 8 atom stereocenters. The Kier molecular flexibility index (Phi) is 12.3. The van der Waals surface area contributed by atoms with Crippen molar-refractivity contribution in [2.45, 2.75) is 68.2 Å². The number of ether oxygens (including phenoxy) is 6. The zero-order valence-electron chi connectivity index (χ0n) is 33.7. The molecule has 0 radical (unpaired) electrons. The Morgan fingerprint density at radius 2 is 1.03 bits per heavy atom. The number of nitrogens with two attached hydrogens (primary N) is 1. The molecule has 2 fully saturated rings. The number of aliphatic hydroxyl groups is 1. The molecule has 354 valence electrons. The lowest BCUT2D eigenvalue weighted by molar-refractivity contribution is -0.140. The van der Waals surface area contributed by atoms with E-state index in [1.54, 1.807) is 12.1 Å². The second-order valence-corrected chi connectivity index (χ2v) is 15.6. The third-order valence-electron chi connectivity index (χ3n) is 11.4. The van der Waals surface area contributed by atoms with Gasteiger partial charge in [0.25, 0.3) is 0 Å². The lowest BCUT2D eigenvalue weighted by Crippen LogP contribution is -2.21. The Morgan fingerprint density at radius 3 is 1.42 bits per heavy atom. The summed E-state index contributed by atoms with van der Waals surface area (Å²) in [5.41, 5.74) is 7.07. The molecule has 5 aromatic rings. The summed E-state index contributed by atoms with van der Waals surface area (Å²) in [5.74, 6) is -4.85. The van der Waals surface area contributed by atoms with Crippen molar-refractivity contribution in [1.29, 1.82) is 0 Å². The highest BCUT2D eigenvalue weighted by Crippen LogP contribution is 2.60. The molecule has 10 rings (SSSR count). The molecule has 5 aromatic carbocycles. The molecule has 5 N–H and O–H groups in total. The maximum absolute atomic E-state index is 12.8. The van der Waals surface area contributed by atoms with Crippen LogP contribution in [0, 0.1) is 11.8 Å². The number of aliphatic hydroxyl groups excluding tert-OH is 1. The van der Waals surface area contributed by atoms with Crippen LogP contribution in [0.2, 0.25) is 0 Å². The Hall–Kier alpha value is -6.94. The number of benzene rings is 5. The number of hydrogen-bond donors (Lipinski definition) is 4. The van der Waals surface area contributed by atoms with E-state index in [0.717, 1.165) is 17.7 Å². The first-order valence-electron chi connectivity index (χ1n) is 19.8. The van der Waals surface area contributed by atoms with Crippen LogP contribution in [-0.2, 0) is 28.4 Å². The number of halogens is 10. The van der Waals surface area contributed by atoms with E-state index in [1.165, 1.54) is 29.8 Å². The summed E-state index contributed by atoms with van der Waals surface area (Å²) < 4.78 is 157. The summed E-state index contributed by atoms with van der Waals surface area (Å²) in [5, 5.41) is 27.5. The summed E-state index contributed by atoms with van der Waals surface area (Å²) in [6.07, 6.45) is -10.1. The van der Waals surface area contributed by atoms with Gasteiger partial charge in [0.1, 0.15) is 47.0 Å². The van der Waals surface area contributed by atoms with Crippen LogP contribution in [0.3, 0.4) is 0 Å². The highest BCUT2D eigenvalue weighted by Gasteiger charge is 2.64. The van der Waals surface area contributed by atoms with Gasteiger partial charge in [0.2, 0.25) is 0 Å².